The molecule has 1 atom stereocenters. The maximum Gasteiger partial charge on any atom is 0.405 e. The minimum absolute atomic E-state index is 0.238. The van der Waals surface area contributed by atoms with E-state index in [1.165, 1.54) is 6.07 Å². The molecule has 0 aliphatic heterocycles. The van der Waals surface area contributed by atoms with E-state index >= 15 is 0 Å². The van der Waals surface area contributed by atoms with E-state index in [-0.39, 0.29) is 11.9 Å². The zero-order valence-electron chi connectivity index (χ0n) is 11.2. The molecule has 4 nitrogen and oxygen atoms in total. The molecule has 0 saturated carbocycles. The van der Waals surface area contributed by atoms with Crippen LogP contribution in [-0.2, 0) is 0 Å². The van der Waals surface area contributed by atoms with Gasteiger partial charge in [0.2, 0.25) is 0 Å². The monoisotopic (exact) mass is 274 g/mol. The highest BCUT2D eigenvalue weighted by atomic mass is 19.1. The third-order valence-electron chi connectivity index (χ3n) is 3.06. The van der Waals surface area contributed by atoms with Crippen LogP contribution in [0.15, 0.2) is 36.5 Å². The quantitative estimate of drug-likeness (QED) is 0.900. The number of rotatable bonds is 3. The van der Waals surface area contributed by atoms with E-state index in [0.29, 0.717) is 11.3 Å². The summed E-state index contributed by atoms with van der Waals surface area (Å²) < 4.78 is 13.2. The lowest BCUT2D eigenvalue weighted by atomic mass is 10.0. The first kappa shape index (κ1) is 14.0. The normalized spacial score (nSPS) is 11.9. The fourth-order valence-electron chi connectivity index (χ4n) is 1.92. The SMILES string of the molecule is Cc1cc(-c2ccc(C(C)NC(=O)O)nc2)ccc1F. The van der Waals surface area contributed by atoms with Crippen molar-refractivity contribution in [3.05, 3.63) is 53.6 Å². The van der Waals surface area contributed by atoms with Gasteiger partial charge in [-0.15, -0.1) is 0 Å². The first-order valence-electron chi connectivity index (χ1n) is 6.19. The molecule has 2 aromatic rings. The number of amides is 1. The molecule has 1 unspecified atom stereocenters. The van der Waals surface area contributed by atoms with E-state index in [9.17, 15) is 9.18 Å². The summed E-state index contributed by atoms with van der Waals surface area (Å²) in [6.45, 7) is 3.43. The molecule has 0 spiro atoms. The average molecular weight is 274 g/mol. The highest BCUT2D eigenvalue weighted by Gasteiger charge is 2.10. The summed E-state index contributed by atoms with van der Waals surface area (Å²) in [7, 11) is 0. The van der Waals surface area contributed by atoms with Crippen molar-refractivity contribution in [1.82, 2.24) is 10.3 Å². The number of halogens is 1. The van der Waals surface area contributed by atoms with E-state index in [1.807, 2.05) is 6.07 Å². The van der Waals surface area contributed by atoms with Crippen molar-refractivity contribution in [1.29, 1.82) is 0 Å². The summed E-state index contributed by atoms with van der Waals surface area (Å²) >= 11 is 0. The van der Waals surface area contributed by atoms with Gasteiger partial charge in [0.25, 0.3) is 0 Å². The highest BCUT2D eigenvalue weighted by Crippen LogP contribution is 2.22. The Morgan fingerprint density at radius 3 is 2.55 bits per heavy atom. The van der Waals surface area contributed by atoms with Crippen molar-refractivity contribution >= 4 is 6.09 Å². The van der Waals surface area contributed by atoms with E-state index in [0.717, 1.165) is 11.1 Å². The largest absolute Gasteiger partial charge is 0.465 e. The van der Waals surface area contributed by atoms with Gasteiger partial charge >= 0.3 is 6.09 Å². The second-order valence-corrected chi connectivity index (χ2v) is 4.61. The number of aromatic nitrogens is 1. The van der Waals surface area contributed by atoms with Gasteiger partial charge in [-0.25, -0.2) is 9.18 Å². The van der Waals surface area contributed by atoms with Crippen LogP contribution in [0, 0.1) is 12.7 Å². The minimum Gasteiger partial charge on any atom is -0.465 e. The molecule has 0 bridgehead atoms. The van der Waals surface area contributed by atoms with Crippen LogP contribution in [-0.4, -0.2) is 16.2 Å². The van der Waals surface area contributed by atoms with Gasteiger partial charge in [-0.05, 0) is 43.2 Å². The number of benzene rings is 1. The number of hydrogen-bond acceptors (Lipinski definition) is 2. The molecule has 1 amide bonds. The fraction of sp³-hybridized carbons (Fsp3) is 0.200. The summed E-state index contributed by atoms with van der Waals surface area (Å²) in [6, 6.07) is 8.09. The summed E-state index contributed by atoms with van der Waals surface area (Å²) in [6.07, 6.45) is 0.569. The Morgan fingerprint density at radius 1 is 1.30 bits per heavy atom. The van der Waals surface area contributed by atoms with Crippen LogP contribution in [0.3, 0.4) is 0 Å². The predicted molar refractivity (Wildman–Crippen MR) is 73.9 cm³/mol. The zero-order valence-corrected chi connectivity index (χ0v) is 11.2. The van der Waals surface area contributed by atoms with Crippen LogP contribution >= 0.6 is 0 Å². The zero-order chi connectivity index (χ0) is 14.7. The molecule has 0 aliphatic carbocycles. The third kappa shape index (κ3) is 3.12. The minimum atomic E-state index is -1.09. The molecular weight excluding hydrogens is 259 g/mol. The summed E-state index contributed by atoms with van der Waals surface area (Å²) in [4.78, 5) is 14.8. The van der Waals surface area contributed by atoms with Gasteiger partial charge < -0.3 is 10.4 Å². The van der Waals surface area contributed by atoms with Gasteiger partial charge in [0.05, 0.1) is 11.7 Å². The van der Waals surface area contributed by atoms with Crippen LogP contribution in [0.25, 0.3) is 11.1 Å². The topological polar surface area (TPSA) is 62.2 Å². The van der Waals surface area contributed by atoms with Gasteiger partial charge in [0.1, 0.15) is 5.82 Å². The lowest BCUT2D eigenvalue weighted by Crippen LogP contribution is -2.25. The van der Waals surface area contributed by atoms with Gasteiger partial charge in [-0.3, -0.25) is 4.98 Å². The van der Waals surface area contributed by atoms with E-state index in [2.05, 4.69) is 10.3 Å². The Morgan fingerprint density at radius 2 is 2.00 bits per heavy atom. The number of nitrogens with one attached hydrogen (secondary N) is 1. The Balaban J connectivity index is 2.23. The van der Waals surface area contributed by atoms with Crippen LogP contribution < -0.4 is 5.32 Å². The third-order valence-corrected chi connectivity index (χ3v) is 3.06. The van der Waals surface area contributed by atoms with Gasteiger partial charge in [0.15, 0.2) is 0 Å². The molecule has 0 radical (unpaired) electrons. The van der Waals surface area contributed by atoms with Crippen LogP contribution in [0.5, 0.6) is 0 Å². The standard InChI is InChI=1S/C15H15FN2O2/c1-9-7-11(3-5-13(9)16)12-4-6-14(17-8-12)10(2)18-15(19)20/h3-8,10,18H,1-2H3,(H,19,20). The molecule has 1 heterocycles. The van der Waals surface area contributed by atoms with Crippen molar-refractivity contribution < 1.29 is 14.3 Å². The lowest BCUT2D eigenvalue weighted by molar-refractivity contribution is 0.190. The molecular formula is C15H15FN2O2. The number of pyridine rings is 1. The smallest absolute Gasteiger partial charge is 0.405 e. The molecule has 0 saturated heterocycles. The maximum atomic E-state index is 13.2. The van der Waals surface area contributed by atoms with Gasteiger partial charge in [-0.2, -0.15) is 0 Å². The molecule has 104 valence electrons. The second kappa shape index (κ2) is 5.69. The number of nitrogens with zero attached hydrogens (tertiary/aromatic N) is 1. The van der Waals surface area contributed by atoms with Crippen molar-refractivity contribution in [3.63, 3.8) is 0 Å². The average Bonchev–Trinajstić information content (AvgIpc) is 2.41. The maximum absolute atomic E-state index is 13.2. The Labute approximate surface area is 116 Å². The number of aryl methyl sites for hydroxylation is 1. The summed E-state index contributed by atoms with van der Waals surface area (Å²) in [5, 5.41) is 11.0. The Kier molecular flexibility index (Phi) is 3.98. The number of carbonyl (C=O) groups is 1. The molecule has 0 aliphatic rings. The second-order valence-electron chi connectivity index (χ2n) is 4.61. The molecule has 1 aromatic carbocycles. The van der Waals surface area contributed by atoms with Crippen LogP contribution in [0.2, 0.25) is 0 Å². The Hall–Kier alpha value is -2.43. The summed E-state index contributed by atoms with van der Waals surface area (Å²) in [5.74, 6) is -0.238. The van der Waals surface area contributed by atoms with Crippen LogP contribution in [0.1, 0.15) is 24.2 Å². The van der Waals surface area contributed by atoms with Crippen LogP contribution in [0.4, 0.5) is 9.18 Å². The first-order chi connectivity index (χ1) is 9.47. The van der Waals surface area contributed by atoms with Crippen molar-refractivity contribution in [2.75, 3.05) is 0 Å². The molecule has 0 fully saturated rings. The molecule has 2 rings (SSSR count). The molecule has 5 heteroatoms. The van der Waals surface area contributed by atoms with E-state index < -0.39 is 6.09 Å². The van der Waals surface area contributed by atoms with Crippen molar-refractivity contribution in [2.24, 2.45) is 0 Å². The first-order valence-corrected chi connectivity index (χ1v) is 6.19. The van der Waals surface area contributed by atoms with E-state index in [1.54, 1.807) is 38.2 Å². The van der Waals surface area contributed by atoms with Crippen molar-refractivity contribution in [3.8, 4) is 11.1 Å². The molecule has 2 N–H and O–H groups in total. The van der Waals surface area contributed by atoms with E-state index in [4.69, 9.17) is 5.11 Å². The van der Waals surface area contributed by atoms with Gasteiger partial charge in [0, 0.05) is 11.8 Å². The lowest BCUT2D eigenvalue weighted by Gasteiger charge is -2.11. The predicted octanol–water partition coefficient (Wildman–Crippen LogP) is 3.52. The summed E-state index contributed by atoms with van der Waals surface area (Å²) in [5.41, 5.74) is 2.95. The Bertz CT molecular complexity index is 626. The molecule has 20 heavy (non-hydrogen) atoms. The van der Waals surface area contributed by atoms with Gasteiger partial charge in [-0.1, -0.05) is 12.1 Å². The molecule has 1 aromatic heterocycles. The number of carboxylic acid groups (broad SMARTS) is 1. The highest BCUT2D eigenvalue weighted by molar-refractivity contribution is 5.65. The fourth-order valence-corrected chi connectivity index (χ4v) is 1.92. The van der Waals surface area contributed by atoms with Crippen molar-refractivity contribution in [2.45, 2.75) is 19.9 Å². The number of hydrogen-bond donors (Lipinski definition) is 2.